The third-order valence-electron chi connectivity index (χ3n) is 1.68. The molecule has 1 saturated heterocycles. The Labute approximate surface area is 71.1 Å². The van der Waals surface area contributed by atoms with Gasteiger partial charge in [-0.1, -0.05) is 15.9 Å². The Kier molecular flexibility index (Phi) is 5.96. The molecule has 1 heterocycles. The largest absolute Gasteiger partial charge is 0.317 e. The van der Waals surface area contributed by atoms with Crippen LogP contribution in [0, 0.1) is 5.92 Å². The summed E-state index contributed by atoms with van der Waals surface area (Å²) in [6, 6.07) is 0. The van der Waals surface area contributed by atoms with E-state index in [0.717, 1.165) is 5.92 Å². The SMILES string of the molecule is BrCC1CCNCC1.Cl. The normalized spacial score (nSPS) is 21.0. The van der Waals surface area contributed by atoms with Crippen molar-refractivity contribution in [1.82, 2.24) is 5.32 Å². The molecule has 9 heavy (non-hydrogen) atoms. The van der Waals surface area contributed by atoms with Crippen LogP contribution in [0.1, 0.15) is 12.8 Å². The zero-order valence-corrected chi connectivity index (χ0v) is 7.80. The number of hydrogen-bond acceptors (Lipinski definition) is 1. The highest BCUT2D eigenvalue weighted by molar-refractivity contribution is 9.09. The lowest BCUT2D eigenvalue weighted by Crippen LogP contribution is -2.28. The number of rotatable bonds is 1. The molecule has 0 aromatic rings. The molecular formula is C6H13BrClN. The molecule has 0 amide bonds. The van der Waals surface area contributed by atoms with Crippen LogP contribution in [0.4, 0.5) is 0 Å². The van der Waals surface area contributed by atoms with E-state index in [1.807, 2.05) is 0 Å². The van der Waals surface area contributed by atoms with Crippen LogP contribution in [0.15, 0.2) is 0 Å². The quantitative estimate of drug-likeness (QED) is 0.657. The average Bonchev–Trinajstić information content (AvgIpc) is 1.90. The van der Waals surface area contributed by atoms with Crippen LogP contribution < -0.4 is 5.32 Å². The molecule has 1 N–H and O–H groups in total. The Morgan fingerprint density at radius 2 is 1.89 bits per heavy atom. The van der Waals surface area contributed by atoms with Crippen molar-refractivity contribution in [3.63, 3.8) is 0 Å². The Morgan fingerprint density at radius 3 is 2.22 bits per heavy atom. The van der Waals surface area contributed by atoms with Crippen LogP contribution in [0.5, 0.6) is 0 Å². The second-order valence-electron chi connectivity index (χ2n) is 2.35. The summed E-state index contributed by atoms with van der Waals surface area (Å²) < 4.78 is 0. The highest BCUT2D eigenvalue weighted by atomic mass is 79.9. The summed E-state index contributed by atoms with van der Waals surface area (Å²) in [5, 5.41) is 4.52. The Hall–Kier alpha value is 0.730. The molecule has 1 aliphatic rings. The Morgan fingerprint density at radius 1 is 1.33 bits per heavy atom. The molecule has 0 spiro atoms. The molecule has 0 aromatic carbocycles. The number of nitrogens with one attached hydrogen (secondary N) is 1. The van der Waals surface area contributed by atoms with E-state index in [1.165, 1.54) is 31.3 Å². The molecule has 1 aliphatic heterocycles. The van der Waals surface area contributed by atoms with Crippen LogP contribution in [-0.2, 0) is 0 Å². The summed E-state index contributed by atoms with van der Waals surface area (Å²) in [5.74, 6) is 0.941. The van der Waals surface area contributed by atoms with Crippen LogP contribution in [0.25, 0.3) is 0 Å². The van der Waals surface area contributed by atoms with Crippen LogP contribution in [-0.4, -0.2) is 18.4 Å². The van der Waals surface area contributed by atoms with Gasteiger partial charge in [0.2, 0.25) is 0 Å². The standard InChI is InChI=1S/C6H12BrN.ClH/c7-5-6-1-3-8-4-2-6;/h6,8H,1-5H2;1H. The highest BCUT2D eigenvalue weighted by Gasteiger charge is 2.09. The van der Waals surface area contributed by atoms with Gasteiger partial charge in [-0.05, 0) is 31.8 Å². The summed E-state index contributed by atoms with van der Waals surface area (Å²) in [5.41, 5.74) is 0. The first kappa shape index (κ1) is 9.73. The van der Waals surface area contributed by atoms with E-state index in [9.17, 15) is 0 Å². The fourth-order valence-electron chi connectivity index (χ4n) is 1.04. The molecule has 56 valence electrons. The molecule has 0 unspecified atom stereocenters. The summed E-state index contributed by atoms with van der Waals surface area (Å²) in [4.78, 5) is 0. The highest BCUT2D eigenvalue weighted by Crippen LogP contribution is 2.13. The van der Waals surface area contributed by atoms with Gasteiger partial charge in [0.15, 0.2) is 0 Å². The van der Waals surface area contributed by atoms with E-state index < -0.39 is 0 Å². The lowest BCUT2D eigenvalue weighted by molar-refractivity contribution is 0.409. The smallest absolute Gasteiger partial charge is 0.00606 e. The van der Waals surface area contributed by atoms with Crippen molar-refractivity contribution < 1.29 is 0 Å². The first-order valence-corrected chi connectivity index (χ1v) is 4.32. The third kappa shape index (κ3) is 3.43. The fourth-order valence-corrected chi connectivity index (χ4v) is 1.68. The number of halogens is 2. The molecule has 0 bridgehead atoms. The second-order valence-corrected chi connectivity index (χ2v) is 3.00. The van der Waals surface area contributed by atoms with E-state index >= 15 is 0 Å². The minimum atomic E-state index is 0. The van der Waals surface area contributed by atoms with Gasteiger partial charge in [0.25, 0.3) is 0 Å². The van der Waals surface area contributed by atoms with E-state index in [4.69, 9.17) is 0 Å². The van der Waals surface area contributed by atoms with Crippen LogP contribution in [0.2, 0.25) is 0 Å². The van der Waals surface area contributed by atoms with Gasteiger partial charge in [-0.2, -0.15) is 0 Å². The van der Waals surface area contributed by atoms with Crippen molar-refractivity contribution in [1.29, 1.82) is 0 Å². The summed E-state index contributed by atoms with van der Waals surface area (Å²) in [7, 11) is 0. The van der Waals surface area contributed by atoms with E-state index in [2.05, 4.69) is 21.2 Å². The van der Waals surface area contributed by atoms with Crippen LogP contribution >= 0.6 is 28.3 Å². The molecule has 3 heteroatoms. The van der Waals surface area contributed by atoms with E-state index in [0.29, 0.717) is 0 Å². The average molecular weight is 215 g/mol. The number of alkyl halides is 1. The van der Waals surface area contributed by atoms with Gasteiger partial charge in [0.1, 0.15) is 0 Å². The van der Waals surface area contributed by atoms with Crippen molar-refractivity contribution in [2.75, 3.05) is 18.4 Å². The number of hydrogen-bond donors (Lipinski definition) is 1. The predicted octanol–water partition coefficient (Wildman–Crippen LogP) is 1.80. The van der Waals surface area contributed by atoms with Crippen LogP contribution in [0.3, 0.4) is 0 Å². The maximum Gasteiger partial charge on any atom is 0.00606 e. The molecular weight excluding hydrogens is 201 g/mol. The molecule has 1 nitrogen and oxygen atoms in total. The molecule has 1 rings (SSSR count). The summed E-state index contributed by atoms with van der Waals surface area (Å²) in [6.45, 7) is 2.44. The zero-order valence-electron chi connectivity index (χ0n) is 5.40. The second kappa shape index (κ2) is 5.51. The fraction of sp³-hybridized carbons (Fsp3) is 1.00. The Balaban J connectivity index is 0.000000640. The van der Waals surface area contributed by atoms with Crippen molar-refractivity contribution in [2.24, 2.45) is 5.92 Å². The van der Waals surface area contributed by atoms with Gasteiger partial charge in [-0.3, -0.25) is 0 Å². The minimum absolute atomic E-state index is 0. The summed E-state index contributed by atoms with van der Waals surface area (Å²) in [6.07, 6.45) is 2.70. The van der Waals surface area contributed by atoms with E-state index in [-0.39, 0.29) is 12.4 Å². The van der Waals surface area contributed by atoms with Crippen molar-refractivity contribution >= 4 is 28.3 Å². The number of piperidine rings is 1. The van der Waals surface area contributed by atoms with Gasteiger partial charge in [-0.25, -0.2) is 0 Å². The first-order valence-electron chi connectivity index (χ1n) is 3.20. The van der Waals surface area contributed by atoms with Gasteiger partial charge in [0.05, 0.1) is 0 Å². The predicted molar refractivity (Wildman–Crippen MR) is 46.6 cm³/mol. The lowest BCUT2D eigenvalue weighted by Gasteiger charge is -2.19. The molecule has 0 aromatic heterocycles. The topological polar surface area (TPSA) is 12.0 Å². The third-order valence-corrected chi connectivity index (χ3v) is 2.59. The first-order chi connectivity index (χ1) is 3.93. The monoisotopic (exact) mass is 213 g/mol. The molecule has 0 atom stereocenters. The molecule has 0 saturated carbocycles. The zero-order chi connectivity index (χ0) is 5.82. The molecule has 0 aliphatic carbocycles. The van der Waals surface area contributed by atoms with Crippen molar-refractivity contribution in [2.45, 2.75) is 12.8 Å². The Bertz CT molecular complexity index is 64.1. The maximum atomic E-state index is 3.48. The van der Waals surface area contributed by atoms with Crippen molar-refractivity contribution in [3.8, 4) is 0 Å². The van der Waals surface area contributed by atoms with Crippen molar-refractivity contribution in [3.05, 3.63) is 0 Å². The van der Waals surface area contributed by atoms with Gasteiger partial charge < -0.3 is 5.32 Å². The maximum absolute atomic E-state index is 3.48. The lowest BCUT2D eigenvalue weighted by atomic mass is 10.0. The van der Waals surface area contributed by atoms with Gasteiger partial charge >= 0.3 is 0 Å². The molecule has 1 fully saturated rings. The minimum Gasteiger partial charge on any atom is -0.317 e. The van der Waals surface area contributed by atoms with Gasteiger partial charge in [-0.15, -0.1) is 12.4 Å². The van der Waals surface area contributed by atoms with E-state index in [1.54, 1.807) is 0 Å². The molecule has 0 radical (unpaired) electrons. The summed E-state index contributed by atoms with van der Waals surface area (Å²) >= 11 is 3.48. The van der Waals surface area contributed by atoms with Gasteiger partial charge in [0, 0.05) is 5.33 Å².